The molecule has 0 aliphatic rings. The fourth-order valence-corrected chi connectivity index (χ4v) is 3.47. The number of nitrogens with one attached hydrogen (secondary N) is 1. The molecule has 0 bridgehead atoms. The second kappa shape index (κ2) is 7.40. The highest BCUT2D eigenvalue weighted by atomic mass is 32.2. The molecule has 1 aromatic carbocycles. The lowest BCUT2D eigenvalue weighted by atomic mass is 9.87. The topological polar surface area (TPSA) is 59.1 Å². The summed E-state index contributed by atoms with van der Waals surface area (Å²) < 4.78 is 28.3. The van der Waals surface area contributed by atoms with Crippen LogP contribution in [0.3, 0.4) is 0 Å². The zero-order chi connectivity index (χ0) is 18.7. The largest absolute Gasteiger partial charge is 0.278 e. The number of hydrogen-bond acceptors (Lipinski definition) is 3. The Labute approximate surface area is 150 Å². The third-order valence-electron chi connectivity index (χ3n) is 4.27. The summed E-state index contributed by atoms with van der Waals surface area (Å²) in [5.41, 5.74) is 2.27. The van der Waals surface area contributed by atoms with Gasteiger partial charge in [0.2, 0.25) is 0 Å². The first-order chi connectivity index (χ1) is 11.6. The van der Waals surface area contributed by atoms with Crippen LogP contribution >= 0.6 is 0 Å². The molecule has 0 saturated heterocycles. The molecule has 0 saturated carbocycles. The van der Waals surface area contributed by atoms with E-state index < -0.39 is 10.0 Å². The van der Waals surface area contributed by atoms with Crippen LogP contribution in [0.15, 0.2) is 59.2 Å². The molecule has 0 fully saturated rings. The standard InChI is InChI=1S/C20H26N2O2S/c1-6-17(13-12-15(2)20(3,4)5)25(23,24)22-18-11-7-9-16-10-8-14-21-19(16)18/h7-14,22H,6H2,1-5H3. The molecule has 0 spiro atoms. The number of pyridine rings is 1. The lowest BCUT2D eigenvalue weighted by molar-refractivity contribution is 0.504. The van der Waals surface area contributed by atoms with Gasteiger partial charge in [0.1, 0.15) is 0 Å². The van der Waals surface area contributed by atoms with Crippen molar-refractivity contribution in [2.24, 2.45) is 5.41 Å². The second-order valence-corrected chi connectivity index (χ2v) is 8.81. The van der Waals surface area contributed by atoms with E-state index in [1.54, 1.807) is 18.3 Å². The number of nitrogens with zero attached hydrogens (tertiary/aromatic N) is 1. The van der Waals surface area contributed by atoms with Crippen molar-refractivity contribution in [3.05, 3.63) is 59.2 Å². The smallest absolute Gasteiger partial charge is 0.258 e. The first-order valence-electron chi connectivity index (χ1n) is 8.39. The van der Waals surface area contributed by atoms with Crippen molar-refractivity contribution in [1.82, 2.24) is 4.98 Å². The number of para-hydroxylation sites is 1. The van der Waals surface area contributed by atoms with Crippen molar-refractivity contribution in [2.45, 2.75) is 41.0 Å². The first kappa shape index (κ1) is 19.2. The molecule has 0 aliphatic carbocycles. The van der Waals surface area contributed by atoms with Crippen molar-refractivity contribution in [3.8, 4) is 0 Å². The molecule has 0 atom stereocenters. The van der Waals surface area contributed by atoms with Crippen molar-refractivity contribution < 1.29 is 8.42 Å². The normalized spacial score (nSPS) is 14.0. The van der Waals surface area contributed by atoms with Crippen LogP contribution in [0.4, 0.5) is 5.69 Å². The number of anilines is 1. The van der Waals surface area contributed by atoms with Gasteiger partial charge in [0, 0.05) is 11.6 Å². The summed E-state index contributed by atoms with van der Waals surface area (Å²) in [5.74, 6) is 0. The predicted octanol–water partition coefficient (Wildman–Crippen LogP) is 5.26. The molecule has 5 heteroatoms. The van der Waals surface area contributed by atoms with Gasteiger partial charge in [-0.3, -0.25) is 9.71 Å². The van der Waals surface area contributed by atoms with E-state index in [0.29, 0.717) is 22.5 Å². The number of sulfonamides is 1. The molecule has 0 radical (unpaired) electrons. The van der Waals surface area contributed by atoms with Gasteiger partial charge in [-0.15, -0.1) is 0 Å². The predicted molar refractivity (Wildman–Crippen MR) is 106 cm³/mol. The lowest BCUT2D eigenvalue weighted by Crippen LogP contribution is -2.15. The summed E-state index contributed by atoms with van der Waals surface area (Å²) in [6.45, 7) is 10.2. The van der Waals surface area contributed by atoms with E-state index >= 15 is 0 Å². The minimum Gasteiger partial charge on any atom is -0.278 e. The maximum atomic E-state index is 12.8. The summed E-state index contributed by atoms with van der Waals surface area (Å²) in [6.07, 6.45) is 5.66. The average Bonchev–Trinajstić information content (AvgIpc) is 2.54. The van der Waals surface area contributed by atoms with E-state index in [9.17, 15) is 8.42 Å². The van der Waals surface area contributed by atoms with E-state index in [0.717, 1.165) is 11.0 Å². The number of fused-ring (bicyclic) bond motifs is 1. The lowest BCUT2D eigenvalue weighted by Gasteiger charge is -2.19. The van der Waals surface area contributed by atoms with Crippen LogP contribution in [-0.4, -0.2) is 13.4 Å². The Bertz CT molecular complexity index is 915. The molecule has 1 heterocycles. The highest BCUT2D eigenvalue weighted by Gasteiger charge is 2.18. The summed E-state index contributed by atoms with van der Waals surface area (Å²) in [4.78, 5) is 4.65. The Kier molecular flexibility index (Phi) is 5.68. The molecule has 0 unspecified atom stereocenters. The van der Waals surface area contributed by atoms with Crippen molar-refractivity contribution >= 4 is 26.6 Å². The van der Waals surface area contributed by atoms with Crippen LogP contribution in [0.2, 0.25) is 0 Å². The summed E-state index contributed by atoms with van der Waals surface area (Å²) in [5, 5.41) is 0.896. The molecule has 1 N–H and O–H groups in total. The van der Waals surface area contributed by atoms with Crippen LogP contribution in [0.25, 0.3) is 10.9 Å². The van der Waals surface area contributed by atoms with E-state index in [1.807, 2.05) is 44.2 Å². The Balaban J connectivity index is 2.39. The number of allylic oxidation sites excluding steroid dienone is 4. The van der Waals surface area contributed by atoms with Crippen molar-refractivity contribution in [3.63, 3.8) is 0 Å². The maximum absolute atomic E-state index is 12.8. The Morgan fingerprint density at radius 3 is 2.48 bits per heavy atom. The van der Waals surface area contributed by atoms with Crippen LogP contribution in [0, 0.1) is 5.41 Å². The van der Waals surface area contributed by atoms with Gasteiger partial charge in [-0.2, -0.15) is 0 Å². The minimum atomic E-state index is -3.63. The SMILES string of the molecule is CCC(=CC=C(C)C(C)(C)C)S(=O)(=O)Nc1cccc2cccnc12. The van der Waals surface area contributed by atoms with Crippen LogP contribution in [-0.2, 0) is 10.0 Å². The number of aromatic nitrogens is 1. The zero-order valence-electron chi connectivity index (χ0n) is 15.5. The fourth-order valence-electron chi connectivity index (χ4n) is 2.26. The molecule has 134 valence electrons. The third kappa shape index (κ3) is 4.69. The quantitative estimate of drug-likeness (QED) is 0.741. The first-order valence-corrected chi connectivity index (χ1v) is 9.88. The number of benzene rings is 1. The molecule has 0 amide bonds. The van der Waals surface area contributed by atoms with Crippen LogP contribution in [0.1, 0.15) is 41.0 Å². The van der Waals surface area contributed by atoms with Gasteiger partial charge in [0.15, 0.2) is 0 Å². The molecule has 2 aromatic rings. The Hall–Kier alpha value is -2.14. The monoisotopic (exact) mass is 358 g/mol. The van der Waals surface area contributed by atoms with Gasteiger partial charge in [-0.1, -0.05) is 57.5 Å². The van der Waals surface area contributed by atoms with E-state index in [1.165, 1.54) is 0 Å². The maximum Gasteiger partial charge on any atom is 0.258 e. The Morgan fingerprint density at radius 1 is 1.16 bits per heavy atom. The van der Waals surface area contributed by atoms with Crippen molar-refractivity contribution in [2.75, 3.05) is 4.72 Å². The minimum absolute atomic E-state index is 0.00605. The number of rotatable bonds is 5. The molecular formula is C20H26N2O2S. The fraction of sp³-hybridized carbons (Fsp3) is 0.350. The van der Waals surface area contributed by atoms with Gasteiger partial charge in [-0.25, -0.2) is 8.42 Å². The van der Waals surface area contributed by atoms with Gasteiger partial charge in [0.05, 0.1) is 16.1 Å². The summed E-state index contributed by atoms with van der Waals surface area (Å²) >= 11 is 0. The van der Waals surface area contributed by atoms with Crippen molar-refractivity contribution in [1.29, 1.82) is 0 Å². The van der Waals surface area contributed by atoms with Crippen LogP contribution < -0.4 is 4.72 Å². The molecule has 4 nitrogen and oxygen atoms in total. The Morgan fingerprint density at radius 2 is 1.84 bits per heavy atom. The highest BCUT2D eigenvalue weighted by molar-refractivity contribution is 7.96. The molecular weight excluding hydrogens is 332 g/mol. The molecule has 25 heavy (non-hydrogen) atoms. The summed E-state index contributed by atoms with van der Waals surface area (Å²) in [7, 11) is -3.63. The molecule has 0 aliphatic heterocycles. The molecule has 1 aromatic heterocycles. The van der Waals surface area contributed by atoms with Gasteiger partial charge >= 0.3 is 0 Å². The van der Waals surface area contributed by atoms with Gasteiger partial charge < -0.3 is 0 Å². The summed E-state index contributed by atoms with van der Waals surface area (Å²) in [6, 6.07) is 9.20. The highest BCUT2D eigenvalue weighted by Crippen LogP contribution is 2.26. The van der Waals surface area contributed by atoms with E-state index in [4.69, 9.17) is 0 Å². The zero-order valence-corrected chi connectivity index (χ0v) is 16.3. The van der Waals surface area contributed by atoms with Crippen LogP contribution in [0.5, 0.6) is 0 Å². The van der Waals surface area contributed by atoms with E-state index in [-0.39, 0.29) is 5.41 Å². The van der Waals surface area contributed by atoms with Gasteiger partial charge in [0.25, 0.3) is 10.0 Å². The third-order valence-corrected chi connectivity index (χ3v) is 5.88. The molecule has 2 rings (SSSR count). The van der Waals surface area contributed by atoms with Gasteiger partial charge in [-0.05, 0) is 37.0 Å². The second-order valence-electron chi connectivity index (χ2n) is 7.07. The number of hydrogen-bond donors (Lipinski definition) is 1. The average molecular weight is 359 g/mol. The van der Waals surface area contributed by atoms with E-state index in [2.05, 4.69) is 30.5 Å².